The van der Waals surface area contributed by atoms with E-state index in [4.69, 9.17) is 12.2 Å². The molecule has 0 aliphatic rings. The van der Waals surface area contributed by atoms with Crippen LogP contribution in [0, 0.1) is 4.77 Å². The largest absolute Gasteiger partial charge is 0.508 e. The number of aromatic amines is 1. The maximum absolute atomic E-state index is 12.6. The SMILES string of the molecule is C=C(c1ccc(O)cc1)c1cc(NC(=O)Nc2cccc(-n3cn[nH]c3=S)c2)ccc1S. The van der Waals surface area contributed by atoms with E-state index in [0.717, 1.165) is 27.3 Å². The number of carbonyl (C=O) groups is 1. The molecule has 1 aromatic heterocycles. The molecule has 9 heteroatoms. The zero-order valence-corrected chi connectivity index (χ0v) is 18.5. The van der Waals surface area contributed by atoms with Crippen molar-refractivity contribution in [1.29, 1.82) is 0 Å². The number of H-pyrrole nitrogens is 1. The van der Waals surface area contributed by atoms with E-state index >= 15 is 0 Å². The Morgan fingerprint density at radius 2 is 1.78 bits per heavy atom. The van der Waals surface area contributed by atoms with E-state index in [1.807, 2.05) is 12.1 Å². The lowest BCUT2D eigenvalue weighted by Gasteiger charge is -2.13. The van der Waals surface area contributed by atoms with Gasteiger partial charge in [-0.2, -0.15) is 5.10 Å². The predicted molar refractivity (Wildman–Crippen MR) is 131 cm³/mol. The summed E-state index contributed by atoms with van der Waals surface area (Å²) in [6, 6.07) is 18.9. The van der Waals surface area contributed by atoms with Crippen LogP contribution in [0.3, 0.4) is 0 Å². The Balaban J connectivity index is 1.50. The van der Waals surface area contributed by atoms with Crippen LogP contribution in [0.1, 0.15) is 11.1 Å². The van der Waals surface area contributed by atoms with Crippen LogP contribution in [-0.2, 0) is 0 Å². The highest BCUT2D eigenvalue weighted by atomic mass is 32.1. The standard InChI is InChI=1S/C23H19N5O2S2/c1-14(15-5-8-19(29)9-6-15)20-12-17(7-10-21(20)31)26-22(30)25-16-3-2-4-18(11-16)28-13-24-27-23(28)32/h2-13,29,31H,1H2,(H,27,32)(H2,25,26,30). The van der Waals surface area contributed by atoms with Crippen LogP contribution < -0.4 is 10.6 Å². The molecule has 0 saturated heterocycles. The van der Waals surface area contributed by atoms with E-state index in [1.165, 1.54) is 0 Å². The molecule has 7 nitrogen and oxygen atoms in total. The number of benzene rings is 3. The van der Waals surface area contributed by atoms with Gasteiger partial charge in [0.1, 0.15) is 12.1 Å². The first kappa shape index (κ1) is 21.4. The van der Waals surface area contributed by atoms with Crippen LogP contribution >= 0.6 is 24.8 Å². The molecule has 0 saturated carbocycles. The molecule has 160 valence electrons. The molecule has 4 N–H and O–H groups in total. The summed E-state index contributed by atoms with van der Waals surface area (Å²) >= 11 is 9.71. The number of hydrogen-bond donors (Lipinski definition) is 5. The van der Waals surface area contributed by atoms with Crippen LogP contribution in [-0.4, -0.2) is 25.9 Å². The topological polar surface area (TPSA) is 95.0 Å². The smallest absolute Gasteiger partial charge is 0.323 e. The highest BCUT2D eigenvalue weighted by Crippen LogP contribution is 2.30. The van der Waals surface area contributed by atoms with Crippen molar-refractivity contribution in [1.82, 2.24) is 14.8 Å². The van der Waals surface area contributed by atoms with Gasteiger partial charge >= 0.3 is 6.03 Å². The molecule has 0 radical (unpaired) electrons. The first-order valence-corrected chi connectivity index (χ1v) is 10.4. The lowest BCUT2D eigenvalue weighted by atomic mass is 9.99. The minimum atomic E-state index is -0.397. The maximum atomic E-state index is 12.6. The first-order chi connectivity index (χ1) is 15.4. The summed E-state index contributed by atoms with van der Waals surface area (Å²) in [5, 5.41) is 21.8. The Hall–Kier alpha value is -3.82. The molecule has 0 aliphatic heterocycles. The van der Waals surface area contributed by atoms with Gasteiger partial charge in [0.25, 0.3) is 0 Å². The summed E-state index contributed by atoms with van der Waals surface area (Å²) in [4.78, 5) is 13.3. The first-order valence-electron chi connectivity index (χ1n) is 9.53. The van der Waals surface area contributed by atoms with Gasteiger partial charge in [0.15, 0.2) is 4.77 Å². The number of rotatable bonds is 5. The molecule has 0 aliphatic carbocycles. The van der Waals surface area contributed by atoms with Crippen molar-refractivity contribution >= 4 is 47.8 Å². The number of aromatic hydroxyl groups is 1. The number of phenols is 1. The van der Waals surface area contributed by atoms with Crippen LogP contribution in [0.2, 0.25) is 0 Å². The third-order valence-corrected chi connectivity index (χ3v) is 5.41. The van der Waals surface area contributed by atoms with Crippen molar-refractivity contribution in [2.75, 3.05) is 10.6 Å². The quantitative estimate of drug-likeness (QED) is 0.197. The molecular formula is C23H19N5O2S2. The number of hydrogen-bond acceptors (Lipinski definition) is 5. The molecule has 0 bridgehead atoms. The summed E-state index contributed by atoms with van der Waals surface area (Å²) in [5.74, 6) is 0.180. The third-order valence-electron chi connectivity index (χ3n) is 4.73. The molecule has 0 unspecified atom stereocenters. The fraction of sp³-hybridized carbons (Fsp3) is 0. The third kappa shape index (κ3) is 4.74. The fourth-order valence-corrected chi connectivity index (χ4v) is 3.61. The molecule has 0 atom stereocenters. The minimum absolute atomic E-state index is 0.180. The summed E-state index contributed by atoms with van der Waals surface area (Å²) in [6.45, 7) is 4.14. The Morgan fingerprint density at radius 1 is 1.06 bits per heavy atom. The van der Waals surface area contributed by atoms with Gasteiger partial charge in [0, 0.05) is 16.3 Å². The van der Waals surface area contributed by atoms with E-state index in [9.17, 15) is 9.90 Å². The maximum Gasteiger partial charge on any atom is 0.323 e. The van der Waals surface area contributed by atoms with Gasteiger partial charge in [-0.3, -0.25) is 9.67 Å². The number of amides is 2. The summed E-state index contributed by atoms with van der Waals surface area (Å²) < 4.78 is 2.16. The van der Waals surface area contributed by atoms with Crippen LogP contribution in [0.4, 0.5) is 16.2 Å². The molecule has 4 rings (SSSR count). The lowest BCUT2D eigenvalue weighted by Crippen LogP contribution is -2.19. The van der Waals surface area contributed by atoms with Crippen molar-refractivity contribution in [3.8, 4) is 11.4 Å². The lowest BCUT2D eigenvalue weighted by molar-refractivity contribution is 0.262. The van der Waals surface area contributed by atoms with Gasteiger partial charge in [0.05, 0.1) is 5.69 Å². The zero-order chi connectivity index (χ0) is 22.7. The van der Waals surface area contributed by atoms with Crippen LogP contribution in [0.15, 0.2) is 84.5 Å². The summed E-state index contributed by atoms with van der Waals surface area (Å²) in [6.07, 6.45) is 1.57. The van der Waals surface area contributed by atoms with E-state index < -0.39 is 6.03 Å². The van der Waals surface area contributed by atoms with Gasteiger partial charge in [-0.05, 0) is 77.4 Å². The molecule has 32 heavy (non-hydrogen) atoms. The van der Waals surface area contributed by atoms with E-state index in [-0.39, 0.29) is 5.75 Å². The average molecular weight is 462 g/mol. The van der Waals surface area contributed by atoms with Crippen molar-refractivity contribution in [3.63, 3.8) is 0 Å². The van der Waals surface area contributed by atoms with Crippen molar-refractivity contribution in [2.45, 2.75) is 4.90 Å². The van der Waals surface area contributed by atoms with Crippen molar-refractivity contribution < 1.29 is 9.90 Å². The summed E-state index contributed by atoms with van der Waals surface area (Å²) in [5.41, 5.74) is 4.30. The van der Waals surface area contributed by atoms with Gasteiger partial charge in [0.2, 0.25) is 0 Å². The molecule has 4 aromatic rings. The van der Waals surface area contributed by atoms with Gasteiger partial charge in [-0.15, -0.1) is 12.6 Å². The highest BCUT2D eigenvalue weighted by Gasteiger charge is 2.10. The molecular weight excluding hydrogens is 442 g/mol. The second kappa shape index (κ2) is 9.13. The zero-order valence-electron chi connectivity index (χ0n) is 16.7. The van der Waals surface area contributed by atoms with E-state index in [0.29, 0.717) is 16.1 Å². The van der Waals surface area contributed by atoms with Gasteiger partial charge < -0.3 is 15.7 Å². The molecule has 1 heterocycles. The van der Waals surface area contributed by atoms with Crippen LogP contribution in [0.5, 0.6) is 5.75 Å². The number of carbonyl (C=O) groups excluding carboxylic acids is 1. The summed E-state index contributed by atoms with van der Waals surface area (Å²) in [7, 11) is 0. The highest BCUT2D eigenvalue weighted by molar-refractivity contribution is 7.80. The number of phenolic OH excluding ortho intramolecular Hbond substituents is 1. The fourth-order valence-electron chi connectivity index (χ4n) is 3.13. The molecule has 2 amide bonds. The Morgan fingerprint density at radius 3 is 2.47 bits per heavy atom. The molecule has 0 fully saturated rings. The number of nitrogens with zero attached hydrogens (tertiary/aromatic N) is 2. The van der Waals surface area contributed by atoms with Crippen molar-refractivity contribution in [2.24, 2.45) is 0 Å². The number of thiol groups is 1. The second-order valence-corrected chi connectivity index (χ2v) is 7.79. The normalized spacial score (nSPS) is 10.5. The number of urea groups is 1. The predicted octanol–water partition coefficient (Wildman–Crippen LogP) is 5.63. The molecule has 0 spiro atoms. The Kier molecular flexibility index (Phi) is 6.11. The minimum Gasteiger partial charge on any atom is -0.508 e. The Bertz CT molecular complexity index is 1360. The number of aromatic nitrogens is 3. The van der Waals surface area contributed by atoms with Crippen molar-refractivity contribution in [3.05, 3.63) is 95.5 Å². The van der Waals surface area contributed by atoms with E-state index in [1.54, 1.807) is 65.5 Å². The Labute approximate surface area is 194 Å². The average Bonchev–Trinajstić information content (AvgIpc) is 3.21. The van der Waals surface area contributed by atoms with Gasteiger partial charge in [-0.25, -0.2) is 4.79 Å². The number of anilines is 2. The number of nitrogens with one attached hydrogen (secondary N) is 3. The monoisotopic (exact) mass is 461 g/mol. The second-order valence-electron chi connectivity index (χ2n) is 6.92. The van der Waals surface area contributed by atoms with Crippen LogP contribution in [0.25, 0.3) is 11.3 Å². The molecule has 3 aromatic carbocycles. The van der Waals surface area contributed by atoms with E-state index in [2.05, 4.69) is 40.0 Å². The van der Waals surface area contributed by atoms with Gasteiger partial charge in [-0.1, -0.05) is 24.8 Å².